The van der Waals surface area contributed by atoms with Gasteiger partial charge >= 0.3 is 5.97 Å². The van der Waals surface area contributed by atoms with Crippen molar-refractivity contribution in [2.45, 2.75) is 85.9 Å². The second kappa shape index (κ2) is 8.23. The minimum Gasteiger partial charge on any atom is -0.479 e. The maximum absolute atomic E-state index is 12.6. The van der Waals surface area contributed by atoms with Crippen molar-refractivity contribution in [3.63, 3.8) is 0 Å². The third-order valence-electron chi connectivity index (χ3n) is 6.15. The van der Waals surface area contributed by atoms with Crippen LogP contribution in [0.1, 0.15) is 64.4 Å². The Bertz CT molecular complexity index is 738. The van der Waals surface area contributed by atoms with Gasteiger partial charge in [-0.2, -0.15) is 5.10 Å². The number of amides is 1. The van der Waals surface area contributed by atoms with Crippen LogP contribution in [-0.2, 0) is 27.3 Å². The number of aryl methyl sites for hydroxylation is 1. The fourth-order valence-corrected chi connectivity index (χ4v) is 4.20. The molecule has 0 aliphatic heterocycles. The van der Waals surface area contributed by atoms with Gasteiger partial charge in [-0.15, -0.1) is 0 Å². The molecular weight excluding hydrogens is 358 g/mol. The molecular formula is C21H35N3O4. The maximum Gasteiger partial charge on any atom is 0.330 e. The Hall–Kier alpha value is -1.89. The Morgan fingerprint density at radius 2 is 2.00 bits per heavy atom. The van der Waals surface area contributed by atoms with E-state index in [1.165, 1.54) is 0 Å². The van der Waals surface area contributed by atoms with E-state index in [1.54, 1.807) is 0 Å². The van der Waals surface area contributed by atoms with Crippen LogP contribution in [0.4, 0.5) is 0 Å². The summed E-state index contributed by atoms with van der Waals surface area (Å²) in [4.78, 5) is 24.7. The van der Waals surface area contributed by atoms with E-state index in [9.17, 15) is 14.7 Å². The van der Waals surface area contributed by atoms with Gasteiger partial charge in [0, 0.05) is 37.1 Å². The average molecular weight is 394 g/mol. The number of hydrogen-bond acceptors (Lipinski definition) is 4. The zero-order valence-electron chi connectivity index (χ0n) is 18.3. The number of nitrogens with zero attached hydrogens (tertiary/aromatic N) is 2. The third kappa shape index (κ3) is 3.95. The van der Waals surface area contributed by atoms with Gasteiger partial charge in [0.2, 0.25) is 5.91 Å². The van der Waals surface area contributed by atoms with Crippen LogP contribution in [0.2, 0.25) is 0 Å². The molecule has 1 aliphatic carbocycles. The molecule has 7 nitrogen and oxygen atoms in total. The van der Waals surface area contributed by atoms with Crippen LogP contribution in [0.3, 0.4) is 0 Å². The molecule has 0 saturated heterocycles. The molecule has 0 bridgehead atoms. The second-order valence-corrected chi connectivity index (χ2v) is 8.85. The molecule has 0 spiro atoms. The van der Waals surface area contributed by atoms with E-state index in [4.69, 9.17) is 4.74 Å². The van der Waals surface area contributed by atoms with E-state index in [0.717, 1.165) is 23.5 Å². The zero-order chi connectivity index (χ0) is 21.3. The van der Waals surface area contributed by atoms with Gasteiger partial charge in [-0.05, 0) is 38.7 Å². The van der Waals surface area contributed by atoms with Gasteiger partial charge in [-0.3, -0.25) is 9.48 Å². The lowest BCUT2D eigenvalue weighted by atomic mass is 9.54. The highest BCUT2D eigenvalue weighted by molar-refractivity contribution is 5.89. The van der Waals surface area contributed by atoms with Crippen LogP contribution in [0, 0.1) is 25.2 Å². The summed E-state index contributed by atoms with van der Waals surface area (Å²) in [5.74, 6) is -0.761. The summed E-state index contributed by atoms with van der Waals surface area (Å²) < 4.78 is 7.64. The highest BCUT2D eigenvalue weighted by Crippen LogP contribution is 2.51. The standard InChI is InChI=1S/C21H35N3O4/c1-8-28-17-11-21(19(26)27,20(17,6)7)22-18(25)10-9-16-14(4)23-24(15(16)5)12-13(2)3/h13,17H,8-12H2,1-7H3,(H,22,25)(H,26,27). The number of aromatic nitrogens is 2. The van der Waals surface area contributed by atoms with Gasteiger partial charge < -0.3 is 15.2 Å². The average Bonchev–Trinajstić information content (AvgIpc) is 2.84. The van der Waals surface area contributed by atoms with Gasteiger partial charge in [0.05, 0.1) is 11.8 Å². The van der Waals surface area contributed by atoms with Gasteiger partial charge in [-0.1, -0.05) is 27.7 Å². The van der Waals surface area contributed by atoms with Crippen LogP contribution < -0.4 is 5.32 Å². The van der Waals surface area contributed by atoms with Gasteiger partial charge in [-0.25, -0.2) is 4.79 Å². The molecule has 0 radical (unpaired) electrons. The largest absolute Gasteiger partial charge is 0.479 e. The summed E-state index contributed by atoms with van der Waals surface area (Å²) >= 11 is 0. The quantitative estimate of drug-likeness (QED) is 0.673. The lowest BCUT2D eigenvalue weighted by molar-refractivity contribution is -0.194. The first-order valence-electron chi connectivity index (χ1n) is 10.1. The molecule has 2 atom stereocenters. The molecule has 1 aliphatic rings. The minimum atomic E-state index is -1.28. The SMILES string of the molecule is CCOC1CC(NC(=O)CCc2c(C)nn(CC(C)C)c2C)(C(=O)O)C1(C)C. The number of nitrogens with one attached hydrogen (secondary N) is 1. The Labute approximate surface area is 167 Å². The summed E-state index contributed by atoms with van der Waals surface area (Å²) in [5.41, 5.74) is 1.13. The smallest absolute Gasteiger partial charge is 0.330 e. The molecule has 2 N–H and O–H groups in total. The van der Waals surface area contributed by atoms with Crippen LogP contribution in [0.5, 0.6) is 0 Å². The van der Waals surface area contributed by atoms with E-state index >= 15 is 0 Å². The molecule has 1 aromatic heterocycles. The first-order valence-corrected chi connectivity index (χ1v) is 10.1. The van der Waals surface area contributed by atoms with Crippen LogP contribution in [0.15, 0.2) is 0 Å². The zero-order valence-corrected chi connectivity index (χ0v) is 18.3. The number of rotatable bonds is 9. The summed E-state index contributed by atoms with van der Waals surface area (Å²) in [5, 5.41) is 17.2. The highest BCUT2D eigenvalue weighted by atomic mass is 16.5. The summed E-state index contributed by atoms with van der Waals surface area (Å²) in [6.07, 6.45) is 0.901. The van der Waals surface area contributed by atoms with Crippen molar-refractivity contribution in [1.82, 2.24) is 15.1 Å². The van der Waals surface area contributed by atoms with E-state index < -0.39 is 16.9 Å². The van der Waals surface area contributed by atoms with E-state index in [2.05, 4.69) is 24.3 Å². The van der Waals surface area contributed by atoms with Crippen LogP contribution in [0.25, 0.3) is 0 Å². The van der Waals surface area contributed by atoms with Gasteiger partial charge in [0.15, 0.2) is 0 Å². The van der Waals surface area contributed by atoms with Crippen molar-refractivity contribution in [3.05, 3.63) is 17.0 Å². The van der Waals surface area contributed by atoms with E-state index in [-0.39, 0.29) is 18.4 Å². The Kier molecular flexibility index (Phi) is 6.58. The van der Waals surface area contributed by atoms with Crippen molar-refractivity contribution >= 4 is 11.9 Å². The van der Waals surface area contributed by atoms with Crippen LogP contribution in [-0.4, -0.2) is 45.0 Å². The highest BCUT2D eigenvalue weighted by Gasteiger charge is 2.66. The molecule has 1 fully saturated rings. The number of aliphatic carboxylic acids is 1. The molecule has 2 unspecified atom stereocenters. The number of carboxylic acids is 1. The number of carbonyl (C=O) groups is 2. The number of carbonyl (C=O) groups excluding carboxylic acids is 1. The number of ether oxygens (including phenoxy) is 1. The van der Waals surface area contributed by atoms with Crippen molar-refractivity contribution in [3.8, 4) is 0 Å². The summed E-state index contributed by atoms with van der Waals surface area (Å²) in [7, 11) is 0. The lowest BCUT2D eigenvalue weighted by Crippen LogP contribution is -2.76. The van der Waals surface area contributed by atoms with Crippen molar-refractivity contribution in [2.24, 2.45) is 11.3 Å². The fourth-order valence-electron chi connectivity index (χ4n) is 4.20. The molecule has 2 rings (SSSR count). The van der Waals surface area contributed by atoms with E-state index in [1.807, 2.05) is 39.3 Å². The predicted molar refractivity (Wildman–Crippen MR) is 107 cm³/mol. The Morgan fingerprint density at radius 1 is 1.36 bits per heavy atom. The second-order valence-electron chi connectivity index (χ2n) is 8.85. The normalized spacial score (nSPS) is 23.5. The summed E-state index contributed by atoms with van der Waals surface area (Å²) in [6.45, 7) is 15.2. The van der Waals surface area contributed by atoms with Crippen molar-refractivity contribution in [1.29, 1.82) is 0 Å². The molecule has 1 amide bonds. The fraction of sp³-hybridized carbons (Fsp3) is 0.762. The number of carboxylic acid groups (broad SMARTS) is 1. The minimum absolute atomic E-state index is 0.173. The van der Waals surface area contributed by atoms with Gasteiger partial charge in [0.1, 0.15) is 5.54 Å². The monoisotopic (exact) mass is 393 g/mol. The molecule has 1 saturated carbocycles. The molecule has 1 heterocycles. The predicted octanol–water partition coefficient (Wildman–Crippen LogP) is 2.86. The first kappa shape index (κ1) is 22.4. The lowest BCUT2D eigenvalue weighted by Gasteiger charge is -2.58. The Morgan fingerprint density at radius 3 is 2.50 bits per heavy atom. The maximum atomic E-state index is 12.6. The van der Waals surface area contributed by atoms with Crippen molar-refractivity contribution in [2.75, 3.05) is 6.61 Å². The first-order chi connectivity index (χ1) is 13.0. The molecule has 158 valence electrons. The third-order valence-corrected chi connectivity index (χ3v) is 6.15. The topological polar surface area (TPSA) is 93.5 Å². The van der Waals surface area contributed by atoms with Crippen LogP contribution >= 0.6 is 0 Å². The molecule has 7 heteroatoms. The number of hydrogen-bond donors (Lipinski definition) is 2. The van der Waals surface area contributed by atoms with Crippen molar-refractivity contribution < 1.29 is 19.4 Å². The molecule has 0 aromatic carbocycles. The van der Waals surface area contributed by atoms with E-state index in [0.29, 0.717) is 25.4 Å². The molecule has 28 heavy (non-hydrogen) atoms. The van der Waals surface area contributed by atoms with Gasteiger partial charge in [0.25, 0.3) is 0 Å². The summed E-state index contributed by atoms with van der Waals surface area (Å²) in [6, 6.07) is 0. The Balaban J connectivity index is 2.06. The molecule has 1 aromatic rings.